The van der Waals surface area contributed by atoms with Gasteiger partial charge in [0.1, 0.15) is 5.60 Å². The number of nitrogens with one attached hydrogen (secondary N) is 1. The van der Waals surface area contributed by atoms with Crippen molar-refractivity contribution in [2.24, 2.45) is 0 Å². The van der Waals surface area contributed by atoms with Crippen molar-refractivity contribution in [2.45, 2.75) is 44.9 Å². The van der Waals surface area contributed by atoms with E-state index in [4.69, 9.17) is 19.2 Å². The highest BCUT2D eigenvalue weighted by Gasteiger charge is 2.38. The average Bonchev–Trinajstić information content (AvgIpc) is 3.35. The van der Waals surface area contributed by atoms with E-state index in [0.717, 1.165) is 0 Å². The maximum atomic E-state index is 12.6. The number of likely N-dealkylation sites (tertiary alicyclic amines) is 1. The molecular weight excluding hydrogens is 402 g/mol. The van der Waals surface area contributed by atoms with Crippen LogP contribution in [0.3, 0.4) is 0 Å². The largest absolute Gasteiger partial charge is 0.444 e. The fourth-order valence-corrected chi connectivity index (χ4v) is 3.32. The van der Waals surface area contributed by atoms with Crippen LogP contribution in [0.15, 0.2) is 28.7 Å². The van der Waals surface area contributed by atoms with Crippen molar-refractivity contribution >= 4 is 12.0 Å². The number of carbonyl (C=O) groups is 2. The molecular formula is C21H25N5O5. The molecule has 2 atom stereocenters. The lowest BCUT2D eigenvalue weighted by Gasteiger charge is -2.28. The van der Waals surface area contributed by atoms with Crippen molar-refractivity contribution in [3.8, 4) is 17.5 Å². The Balaban J connectivity index is 1.67. The third-order valence-corrected chi connectivity index (χ3v) is 4.59. The molecule has 1 unspecified atom stereocenters. The van der Waals surface area contributed by atoms with Gasteiger partial charge >= 0.3 is 17.9 Å². The summed E-state index contributed by atoms with van der Waals surface area (Å²) in [5, 5.41) is 19.5. The molecule has 1 fully saturated rings. The Morgan fingerprint density at radius 2 is 2.13 bits per heavy atom. The van der Waals surface area contributed by atoms with Gasteiger partial charge in [0.25, 0.3) is 0 Å². The number of aromatic nitrogens is 2. The van der Waals surface area contributed by atoms with Crippen molar-refractivity contribution in [3.05, 3.63) is 35.7 Å². The van der Waals surface area contributed by atoms with E-state index >= 15 is 0 Å². The second kappa shape index (κ2) is 9.14. The smallest absolute Gasteiger partial charge is 0.410 e. The summed E-state index contributed by atoms with van der Waals surface area (Å²) in [6.45, 7) is 5.99. The number of nitrogens with zero attached hydrogens (tertiary/aromatic N) is 4. The quantitative estimate of drug-likeness (QED) is 0.769. The molecule has 1 N–H and O–H groups in total. The van der Waals surface area contributed by atoms with Gasteiger partial charge in [-0.15, -0.1) is 10.2 Å². The first-order valence-corrected chi connectivity index (χ1v) is 9.83. The van der Waals surface area contributed by atoms with Gasteiger partial charge in [0.2, 0.25) is 5.89 Å². The lowest BCUT2D eigenvalue weighted by molar-refractivity contribution is 0.0146. The van der Waals surface area contributed by atoms with E-state index in [1.165, 1.54) is 0 Å². The summed E-state index contributed by atoms with van der Waals surface area (Å²) in [6.07, 6.45) is 0.0491. The van der Waals surface area contributed by atoms with Gasteiger partial charge in [0.15, 0.2) is 0 Å². The van der Waals surface area contributed by atoms with Crippen LogP contribution in [-0.2, 0) is 9.47 Å². The fraction of sp³-hybridized carbons (Fsp3) is 0.476. The van der Waals surface area contributed by atoms with Crippen molar-refractivity contribution < 1.29 is 23.5 Å². The van der Waals surface area contributed by atoms with E-state index in [9.17, 15) is 9.59 Å². The van der Waals surface area contributed by atoms with Gasteiger partial charge < -0.3 is 24.1 Å². The van der Waals surface area contributed by atoms with Crippen LogP contribution in [0.5, 0.6) is 0 Å². The lowest BCUT2D eigenvalue weighted by atomic mass is 10.1. The maximum absolute atomic E-state index is 12.6. The normalized spacial score (nSPS) is 18.5. The van der Waals surface area contributed by atoms with Crippen LogP contribution in [0.2, 0.25) is 0 Å². The number of methoxy groups -OCH3 is 1. The Hall–Kier alpha value is -3.45. The van der Waals surface area contributed by atoms with E-state index in [0.29, 0.717) is 24.2 Å². The van der Waals surface area contributed by atoms with E-state index < -0.39 is 17.6 Å². The molecule has 164 valence electrons. The van der Waals surface area contributed by atoms with Crippen LogP contribution in [0.4, 0.5) is 4.79 Å². The number of carbonyl (C=O) groups excluding carboxylic acids is 2. The number of hydrogen-bond acceptors (Lipinski definition) is 8. The molecule has 10 nitrogen and oxygen atoms in total. The van der Waals surface area contributed by atoms with Crippen molar-refractivity contribution in [3.63, 3.8) is 0 Å². The monoisotopic (exact) mass is 427 g/mol. The van der Waals surface area contributed by atoms with Crippen LogP contribution in [0.1, 0.15) is 43.4 Å². The molecule has 0 spiro atoms. The molecule has 2 aromatic rings. The van der Waals surface area contributed by atoms with Gasteiger partial charge in [0.05, 0.1) is 24.3 Å². The Bertz CT molecular complexity index is 991. The first kappa shape index (κ1) is 22.2. The highest BCUT2D eigenvalue weighted by atomic mass is 16.6. The zero-order valence-corrected chi connectivity index (χ0v) is 17.9. The van der Waals surface area contributed by atoms with Gasteiger partial charge in [0, 0.05) is 25.3 Å². The van der Waals surface area contributed by atoms with Crippen LogP contribution >= 0.6 is 0 Å². The SMILES string of the molecule is COC[C@H]1CC(NC(=O)c2nnc(-c3cccc(C#N)c3)o2)CN1C(=O)OC(C)(C)C. The summed E-state index contributed by atoms with van der Waals surface area (Å²) in [4.78, 5) is 26.7. The third-order valence-electron chi connectivity index (χ3n) is 4.59. The van der Waals surface area contributed by atoms with Gasteiger partial charge in [-0.2, -0.15) is 5.26 Å². The minimum Gasteiger partial charge on any atom is -0.444 e. The molecule has 31 heavy (non-hydrogen) atoms. The standard InChI is InChI=1S/C21H25N5O5/c1-21(2,3)31-20(28)26-11-15(9-16(26)12-29-4)23-17(27)19-25-24-18(30-19)14-7-5-6-13(8-14)10-22/h5-8,15-16H,9,11-12H2,1-4H3,(H,23,27)/t15?,16-/m1/s1. The number of nitriles is 1. The molecule has 1 saturated heterocycles. The molecule has 0 saturated carbocycles. The first-order valence-electron chi connectivity index (χ1n) is 9.83. The molecule has 1 aliphatic heterocycles. The molecule has 1 aliphatic rings. The lowest BCUT2D eigenvalue weighted by Crippen LogP contribution is -2.43. The molecule has 1 aromatic carbocycles. The molecule has 10 heteroatoms. The van der Waals surface area contributed by atoms with Crippen LogP contribution < -0.4 is 5.32 Å². The van der Waals surface area contributed by atoms with Gasteiger partial charge in [-0.25, -0.2) is 4.79 Å². The number of amides is 2. The molecule has 0 bridgehead atoms. The predicted octanol–water partition coefficient (Wildman–Crippen LogP) is 2.36. The second-order valence-corrected chi connectivity index (χ2v) is 8.25. The predicted molar refractivity (Wildman–Crippen MR) is 109 cm³/mol. The first-order chi connectivity index (χ1) is 14.7. The summed E-state index contributed by atoms with van der Waals surface area (Å²) < 4.78 is 16.2. The summed E-state index contributed by atoms with van der Waals surface area (Å²) >= 11 is 0. The second-order valence-electron chi connectivity index (χ2n) is 8.25. The van der Waals surface area contributed by atoms with Crippen LogP contribution in [-0.4, -0.2) is 65.0 Å². The summed E-state index contributed by atoms with van der Waals surface area (Å²) in [5.74, 6) is -0.597. The van der Waals surface area contributed by atoms with E-state index in [-0.39, 0.29) is 30.4 Å². The molecule has 3 rings (SSSR count). The van der Waals surface area contributed by atoms with Gasteiger partial charge in [-0.1, -0.05) is 6.07 Å². The van der Waals surface area contributed by atoms with E-state index in [1.54, 1.807) is 57.0 Å². The van der Waals surface area contributed by atoms with Crippen molar-refractivity contribution in [1.82, 2.24) is 20.4 Å². The summed E-state index contributed by atoms with van der Waals surface area (Å²) in [5.41, 5.74) is 0.362. The molecule has 2 amide bonds. The Morgan fingerprint density at radius 3 is 2.81 bits per heavy atom. The molecule has 0 radical (unpaired) electrons. The zero-order valence-electron chi connectivity index (χ0n) is 17.9. The minimum absolute atomic E-state index is 0.140. The number of benzene rings is 1. The third kappa shape index (κ3) is 5.58. The molecule has 1 aromatic heterocycles. The Morgan fingerprint density at radius 1 is 1.35 bits per heavy atom. The Labute approximate surface area is 180 Å². The van der Waals surface area contributed by atoms with Crippen molar-refractivity contribution in [2.75, 3.05) is 20.3 Å². The minimum atomic E-state index is -0.626. The molecule has 0 aliphatic carbocycles. The topological polar surface area (TPSA) is 131 Å². The fourth-order valence-electron chi connectivity index (χ4n) is 3.32. The molecule has 2 heterocycles. The maximum Gasteiger partial charge on any atom is 0.410 e. The van der Waals surface area contributed by atoms with E-state index in [2.05, 4.69) is 15.5 Å². The van der Waals surface area contributed by atoms with Crippen molar-refractivity contribution in [1.29, 1.82) is 5.26 Å². The highest BCUT2D eigenvalue weighted by molar-refractivity contribution is 5.90. The van der Waals surface area contributed by atoms with Crippen LogP contribution in [0.25, 0.3) is 11.5 Å². The van der Waals surface area contributed by atoms with Crippen LogP contribution in [0, 0.1) is 11.3 Å². The van der Waals surface area contributed by atoms with Gasteiger partial charge in [-0.3, -0.25) is 4.79 Å². The number of hydrogen-bond donors (Lipinski definition) is 1. The summed E-state index contributed by atoms with van der Waals surface area (Å²) in [7, 11) is 1.56. The number of rotatable bonds is 5. The summed E-state index contributed by atoms with van der Waals surface area (Å²) in [6, 6.07) is 8.14. The zero-order chi connectivity index (χ0) is 22.6. The number of ether oxygens (including phenoxy) is 2. The Kier molecular flexibility index (Phi) is 6.56. The average molecular weight is 427 g/mol. The highest BCUT2D eigenvalue weighted by Crippen LogP contribution is 2.23. The van der Waals surface area contributed by atoms with Gasteiger partial charge in [-0.05, 0) is 45.4 Å². The van der Waals surface area contributed by atoms with E-state index in [1.807, 2.05) is 6.07 Å².